The Balaban J connectivity index is 1.23. The summed E-state index contributed by atoms with van der Waals surface area (Å²) < 4.78 is 0. The fourth-order valence-electron chi connectivity index (χ4n) is 3.78. The van der Waals surface area contributed by atoms with Crippen molar-refractivity contribution in [3.8, 4) is 0 Å². The minimum absolute atomic E-state index is 0.134. The number of rotatable bonds is 9. The first-order valence-electron chi connectivity index (χ1n) is 11.8. The van der Waals surface area contributed by atoms with E-state index in [2.05, 4.69) is 33.1 Å². The average Bonchev–Trinajstić information content (AvgIpc) is 2.90. The van der Waals surface area contributed by atoms with Crippen molar-refractivity contribution in [1.82, 2.24) is 15.2 Å². The second kappa shape index (κ2) is 11.7. The zero-order valence-corrected chi connectivity index (χ0v) is 20.2. The van der Waals surface area contributed by atoms with Gasteiger partial charge >= 0.3 is 6.03 Å². The van der Waals surface area contributed by atoms with Gasteiger partial charge in [-0.1, -0.05) is 42.5 Å². The summed E-state index contributed by atoms with van der Waals surface area (Å²) in [7, 11) is 1.77. The lowest BCUT2D eigenvalue weighted by Gasteiger charge is -2.18. The van der Waals surface area contributed by atoms with Crippen molar-refractivity contribution in [2.24, 2.45) is 0 Å². The first-order chi connectivity index (χ1) is 17.5. The summed E-state index contributed by atoms with van der Waals surface area (Å²) in [6.07, 6.45) is 2.45. The number of benzene rings is 3. The van der Waals surface area contributed by atoms with Gasteiger partial charge in [-0.15, -0.1) is 0 Å². The molecule has 36 heavy (non-hydrogen) atoms. The number of likely N-dealkylation sites (N-methyl/N-ethyl adjacent to an activating group) is 1. The highest BCUT2D eigenvalue weighted by molar-refractivity contribution is 5.93. The predicted octanol–water partition coefficient (Wildman–Crippen LogP) is 4.25. The molecule has 0 bridgehead atoms. The molecule has 0 unspecified atom stereocenters. The van der Waals surface area contributed by atoms with Crippen molar-refractivity contribution in [2.75, 3.05) is 36.5 Å². The third kappa shape index (κ3) is 6.73. The lowest BCUT2D eigenvalue weighted by atomic mass is 10.1. The highest BCUT2D eigenvalue weighted by atomic mass is 16.2. The van der Waals surface area contributed by atoms with Crippen LogP contribution in [0.5, 0.6) is 0 Å². The molecule has 3 aromatic carbocycles. The number of pyridine rings is 1. The first-order valence-corrected chi connectivity index (χ1v) is 11.8. The number of amides is 3. The Labute approximate surface area is 210 Å². The molecule has 8 heteroatoms. The minimum Gasteiger partial charge on any atom is -0.383 e. The summed E-state index contributed by atoms with van der Waals surface area (Å²) in [6, 6.07) is 24.9. The Morgan fingerprint density at radius 2 is 1.72 bits per heavy atom. The summed E-state index contributed by atoms with van der Waals surface area (Å²) in [5, 5.41) is 10.8. The van der Waals surface area contributed by atoms with Crippen molar-refractivity contribution in [3.05, 3.63) is 96.2 Å². The van der Waals surface area contributed by atoms with Gasteiger partial charge in [-0.2, -0.15) is 0 Å². The summed E-state index contributed by atoms with van der Waals surface area (Å²) in [5.74, 6) is 0.341. The molecule has 1 aromatic heterocycles. The molecule has 0 aliphatic heterocycles. The lowest BCUT2D eigenvalue weighted by Crippen LogP contribution is -2.33. The van der Waals surface area contributed by atoms with Crippen molar-refractivity contribution in [3.63, 3.8) is 0 Å². The van der Waals surface area contributed by atoms with Crippen LogP contribution >= 0.6 is 0 Å². The maximum atomic E-state index is 12.6. The van der Waals surface area contributed by atoms with Gasteiger partial charge < -0.3 is 26.6 Å². The van der Waals surface area contributed by atoms with Crippen molar-refractivity contribution in [2.45, 2.75) is 13.0 Å². The van der Waals surface area contributed by atoms with Crippen LogP contribution in [-0.2, 0) is 17.8 Å². The number of carbonyl (C=O) groups excluding carboxylic acids is 2. The molecule has 0 fully saturated rings. The number of fused-ring (bicyclic) bond motifs is 1. The largest absolute Gasteiger partial charge is 0.383 e. The second-order valence-electron chi connectivity index (χ2n) is 8.55. The number of nitrogen functional groups attached to an aromatic ring is 1. The molecule has 0 atom stereocenters. The number of carbonyl (C=O) groups is 2. The molecule has 0 aliphatic carbocycles. The number of aromatic nitrogens is 1. The van der Waals surface area contributed by atoms with Crippen LogP contribution in [-0.4, -0.2) is 42.0 Å². The number of urea groups is 1. The lowest BCUT2D eigenvalue weighted by molar-refractivity contribution is -0.119. The van der Waals surface area contributed by atoms with E-state index in [4.69, 9.17) is 5.73 Å². The molecule has 0 saturated carbocycles. The molecule has 5 N–H and O–H groups in total. The molecular formula is C28H30N6O2. The fourth-order valence-corrected chi connectivity index (χ4v) is 3.78. The molecular weight excluding hydrogens is 452 g/mol. The van der Waals surface area contributed by atoms with Crippen LogP contribution in [0.25, 0.3) is 10.8 Å². The van der Waals surface area contributed by atoms with Crippen LogP contribution in [0.4, 0.5) is 22.0 Å². The Morgan fingerprint density at radius 1 is 0.917 bits per heavy atom. The maximum absolute atomic E-state index is 12.6. The van der Waals surface area contributed by atoms with Crippen LogP contribution in [0.1, 0.15) is 11.1 Å². The van der Waals surface area contributed by atoms with Crippen LogP contribution < -0.4 is 21.7 Å². The van der Waals surface area contributed by atoms with E-state index in [1.54, 1.807) is 18.1 Å². The van der Waals surface area contributed by atoms with Gasteiger partial charge in [-0.25, -0.2) is 9.78 Å². The summed E-state index contributed by atoms with van der Waals surface area (Å²) >= 11 is 0. The van der Waals surface area contributed by atoms with Gasteiger partial charge in [0.1, 0.15) is 5.82 Å². The standard InChI is InChI=1S/C28H30N6O2/c1-34(15-13-20-6-3-2-4-7-20)28(36)33-24-9-5-8-21(16-24)18-32-26(35)19-31-23-10-11-25-22(17-23)12-14-30-27(25)29/h2-12,14,16-17,31H,13,15,18-19H2,1H3,(H2,29,30)(H,32,35)(H,33,36). The van der Waals surface area contributed by atoms with E-state index in [1.165, 1.54) is 5.56 Å². The summed E-state index contributed by atoms with van der Waals surface area (Å²) in [6.45, 7) is 1.10. The third-order valence-corrected chi connectivity index (χ3v) is 5.84. The van der Waals surface area contributed by atoms with Crippen LogP contribution in [0.2, 0.25) is 0 Å². The molecule has 4 aromatic rings. The molecule has 0 spiro atoms. The van der Waals surface area contributed by atoms with Crippen molar-refractivity contribution < 1.29 is 9.59 Å². The third-order valence-electron chi connectivity index (χ3n) is 5.84. The topological polar surface area (TPSA) is 112 Å². The Kier molecular flexibility index (Phi) is 7.97. The Morgan fingerprint density at radius 3 is 2.56 bits per heavy atom. The van der Waals surface area contributed by atoms with Crippen LogP contribution in [0.15, 0.2) is 85.1 Å². The number of hydrogen-bond donors (Lipinski definition) is 4. The van der Waals surface area contributed by atoms with Gasteiger partial charge in [-0.3, -0.25) is 4.79 Å². The molecule has 8 nitrogen and oxygen atoms in total. The molecule has 184 valence electrons. The first kappa shape index (κ1) is 24.5. The van der Waals surface area contributed by atoms with Crippen molar-refractivity contribution >= 4 is 39.9 Å². The van der Waals surface area contributed by atoms with Crippen LogP contribution in [0, 0.1) is 0 Å². The van der Waals surface area contributed by atoms with E-state index < -0.39 is 0 Å². The van der Waals surface area contributed by atoms with E-state index in [0.29, 0.717) is 24.6 Å². The van der Waals surface area contributed by atoms with Gasteiger partial charge in [0, 0.05) is 43.1 Å². The monoisotopic (exact) mass is 482 g/mol. The van der Waals surface area contributed by atoms with Gasteiger partial charge in [0.15, 0.2) is 0 Å². The van der Waals surface area contributed by atoms with E-state index >= 15 is 0 Å². The van der Waals surface area contributed by atoms with Gasteiger partial charge in [0.2, 0.25) is 5.91 Å². The highest BCUT2D eigenvalue weighted by Gasteiger charge is 2.10. The quantitative estimate of drug-likeness (QED) is 0.285. The zero-order valence-electron chi connectivity index (χ0n) is 20.2. The predicted molar refractivity (Wildman–Crippen MR) is 145 cm³/mol. The molecule has 0 saturated heterocycles. The average molecular weight is 483 g/mol. The molecule has 3 amide bonds. The highest BCUT2D eigenvalue weighted by Crippen LogP contribution is 2.22. The molecule has 1 heterocycles. The smallest absolute Gasteiger partial charge is 0.321 e. The Bertz CT molecular complexity index is 1340. The molecule has 4 rings (SSSR count). The SMILES string of the molecule is CN(CCc1ccccc1)C(=O)Nc1cccc(CNC(=O)CNc2ccc3c(N)nccc3c2)c1. The molecule has 0 radical (unpaired) electrons. The number of anilines is 3. The van der Waals surface area contributed by atoms with Gasteiger partial charge in [0.25, 0.3) is 0 Å². The Hall–Kier alpha value is -4.59. The van der Waals surface area contributed by atoms with E-state index in [-0.39, 0.29) is 18.5 Å². The van der Waals surface area contributed by atoms with E-state index in [0.717, 1.165) is 28.4 Å². The van der Waals surface area contributed by atoms with E-state index in [1.807, 2.05) is 66.7 Å². The van der Waals surface area contributed by atoms with Crippen LogP contribution in [0.3, 0.4) is 0 Å². The summed E-state index contributed by atoms with van der Waals surface area (Å²) in [4.78, 5) is 30.7. The normalized spacial score (nSPS) is 10.6. The number of hydrogen-bond acceptors (Lipinski definition) is 5. The summed E-state index contributed by atoms with van der Waals surface area (Å²) in [5.41, 5.74) is 9.47. The van der Waals surface area contributed by atoms with E-state index in [9.17, 15) is 9.59 Å². The minimum atomic E-state index is -0.177. The zero-order chi connectivity index (χ0) is 25.3. The number of nitrogens with one attached hydrogen (secondary N) is 3. The number of nitrogens with zero attached hydrogens (tertiary/aromatic N) is 2. The molecule has 0 aliphatic rings. The second-order valence-corrected chi connectivity index (χ2v) is 8.55. The fraction of sp³-hybridized carbons (Fsp3) is 0.179. The maximum Gasteiger partial charge on any atom is 0.321 e. The van der Waals surface area contributed by atoms with Gasteiger partial charge in [-0.05, 0) is 59.3 Å². The van der Waals surface area contributed by atoms with Gasteiger partial charge in [0.05, 0.1) is 6.54 Å². The van der Waals surface area contributed by atoms with Crippen molar-refractivity contribution in [1.29, 1.82) is 0 Å². The number of nitrogens with two attached hydrogens (primary N) is 1.